The normalized spacial score (nSPS) is 13.6. The van der Waals surface area contributed by atoms with Gasteiger partial charge in [0.25, 0.3) is 0 Å². The van der Waals surface area contributed by atoms with E-state index in [1.807, 2.05) is 0 Å². The number of nitrogens with two attached hydrogens (primary N) is 1. The fraction of sp³-hybridized carbons (Fsp3) is 0.818. The number of hydrogen-bond acceptors (Lipinski definition) is 8. The number of phosphoric acid groups is 1. The van der Waals surface area contributed by atoms with Gasteiger partial charge in [0, 0.05) is 19.4 Å². The maximum atomic E-state index is 12.6. The molecule has 2 unspecified atom stereocenters. The lowest BCUT2D eigenvalue weighted by atomic mass is 10.1. The van der Waals surface area contributed by atoms with Crippen molar-refractivity contribution in [3.63, 3.8) is 0 Å². The zero-order chi connectivity index (χ0) is 39.6. The Labute approximate surface area is 331 Å². The molecule has 0 aromatic carbocycles. The number of esters is 2. The van der Waals surface area contributed by atoms with Gasteiger partial charge in [0.05, 0.1) is 13.2 Å². The van der Waals surface area contributed by atoms with E-state index in [1.54, 1.807) is 0 Å². The minimum absolute atomic E-state index is 0.0501. The van der Waals surface area contributed by atoms with Crippen LogP contribution in [0, 0.1) is 0 Å². The van der Waals surface area contributed by atoms with Crippen molar-refractivity contribution in [2.24, 2.45) is 5.73 Å². The Hall–Kier alpha value is -1.77. The van der Waals surface area contributed by atoms with E-state index in [0.29, 0.717) is 6.42 Å². The molecule has 0 saturated heterocycles. The molecular weight excluding hydrogens is 701 g/mol. The maximum absolute atomic E-state index is 12.6. The zero-order valence-electron chi connectivity index (χ0n) is 34.7. The van der Waals surface area contributed by atoms with Crippen LogP contribution in [0.25, 0.3) is 0 Å². The lowest BCUT2D eigenvalue weighted by Crippen LogP contribution is -2.29. The Morgan fingerprint density at radius 2 is 0.963 bits per heavy atom. The van der Waals surface area contributed by atoms with Crippen molar-refractivity contribution in [1.82, 2.24) is 0 Å². The van der Waals surface area contributed by atoms with E-state index in [1.165, 1.54) is 96.3 Å². The Balaban J connectivity index is 4.16. The molecule has 2 atom stereocenters. The van der Waals surface area contributed by atoms with Gasteiger partial charge in [0.1, 0.15) is 6.61 Å². The monoisotopic (exact) mass is 784 g/mol. The summed E-state index contributed by atoms with van der Waals surface area (Å²) in [6.07, 6.45) is 44.5. The van der Waals surface area contributed by atoms with Crippen molar-refractivity contribution in [3.05, 3.63) is 36.5 Å². The molecule has 3 N–H and O–H groups in total. The van der Waals surface area contributed by atoms with Gasteiger partial charge in [0.2, 0.25) is 0 Å². The van der Waals surface area contributed by atoms with Crippen LogP contribution >= 0.6 is 7.82 Å². The van der Waals surface area contributed by atoms with Gasteiger partial charge in [-0.25, -0.2) is 4.57 Å². The van der Waals surface area contributed by atoms with Crippen molar-refractivity contribution >= 4 is 19.8 Å². The molecule has 0 fully saturated rings. The van der Waals surface area contributed by atoms with Gasteiger partial charge < -0.3 is 20.1 Å². The van der Waals surface area contributed by atoms with Gasteiger partial charge in [-0.2, -0.15) is 0 Å². The summed E-state index contributed by atoms with van der Waals surface area (Å²) in [4.78, 5) is 34.9. The summed E-state index contributed by atoms with van der Waals surface area (Å²) in [6.45, 7) is 3.69. The third kappa shape index (κ3) is 39.9. The average molecular weight is 784 g/mol. The first kappa shape index (κ1) is 52.2. The zero-order valence-corrected chi connectivity index (χ0v) is 35.6. The van der Waals surface area contributed by atoms with Crippen LogP contribution in [0.3, 0.4) is 0 Å². The summed E-state index contributed by atoms with van der Waals surface area (Å²) in [5.41, 5.74) is 5.34. The van der Waals surface area contributed by atoms with Crippen LogP contribution < -0.4 is 5.73 Å². The SMILES string of the molecule is CCCCC/C=C\C/C=C\CCCCCCCC(=O)OC(COC(=O)CCCCCCCCC/C=C\CCCCCCCCC)COP(=O)(O)OCCN. The minimum atomic E-state index is -4.38. The van der Waals surface area contributed by atoms with E-state index in [0.717, 1.165) is 70.6 Å². The first-order valence-electron chi connectivity index (χ1n) is 22.0. The van der Waals surface area contributed by atoms with E-state index >= 15 is 0 Å². The Bertz CT molecular complexity index is 986. The first-order valence-corrected chi connectivity index (χ1v) is 23.5. The quantitative estimate of drug-likeness (QED) is 0.0269. The predicted molar refractivity (Wildman–Crippen MR) is 224 cm³/mol. The third-order valence-electron chi connectivity index (χ3n) is 9.25. The highest BCUT2D eigenvalue weighted by Crippen LogP contribution is 2.43. The average Bonchev–Trinajstić information content (AvgIpc) is 3.16. The molecule has 9 nitrogen and oxygen atoms in total. The topological polar surface area (TPSA) is 134 Å². The van der Waals surface area contributed by atoms with Crippen LogP contribution in [0.1, 0.15) is 200 Å². The van der Waals surface area contributed by atoms with Crippen molar-refractivity contribution in [3.8, 4) is 0 Å². The van der Waals surface area contributed by atoms with Crippen LogP contribution in [0.15, 0.2) is 36.5 Å². The van der Waals surface area contributed by atoms with Gasteiger partial charge in [-0.1, -0.05) is 153 Å². The highest BCUT2D eigenvalue weighted by molar-refractivity contribution is 7.47. The predicted octanol–water partition coefficient (Wildman–Crippen LogP) is 12.6. The Kier molecular flexibility index (Phi) is 39.5. The number of hydrogen-bond donors (Lipinski definition) is 2. The summed E-state index contributed by atoms with van der Waals surface area (Å²) in [6, 6.07) is 0. The Morgan fingerprint density at radius 3 is 1.46 bits per heavy atom. The summed E-state index contributed by atoms with van der Waals surface area (Å²) < 4.78 is 32.8. The largest absolute Gasteiger partial charge is 0.472 e. The van der Waals surface area contributed by atoms with E-state index in [2.05, 4.69) is 50.3 Å². The molecule has 0 bridgehead atoms. The molecule has 0 rings (SSSR count). The standard InChI is InChI=1S/C44H82NO8P/c1-3-5-7-9-11-13-15-17-19-20-21-23-24-26-28-30-32-34-36-43(46)50-40-42(41-52-54(48,49)51-39-38-45)53-44(47)37-35-33-31-29-27-25-22-18-16-14-12-10-8-6-4-2/h12,14,18-20,22,42H,3-11,13,15-17,21,23-41,45H2,1-2H3,(H,48,49)/b14-12-,20-19-,22-18-. The number of ether oxygens (including phenoxy) is 2. The second-order valence-electron chi connectivity index (χ2n) is 14.6. The smallest absolute Gasteiger partial charge is 0.462 e. The van der Waals surface area contributed by atoms with Crippen molar-refractivity contribution in [2.45, 2.75) is 206 Å². The van der Waals surface area contributed by atoms with E-state index in [-0.39, 0.29) is 38.6 Å². The third-order valence-corrected chi connectivity index (χ3v) is 10.2. The summed E-state index contributed by atoms with van der Waals surface area (Å²) in [7, 11) is -4.38. The molecule has 10 heteroatoms. The molecule has 0 spiro atoms. The molecule has 0 radical (unpaired) electrons. The molecule has 0 saturated carbocycles. The lowest BCUT2D eigenvalue weighted by Gasteiger charge is -2.19. The number of unbranched alkanes of at least 4 members (excludes halogenated alkanes) is 22. The number of phosphoric ester groups is 1. The van der Waals surface area contributed by atoms with Crippen LogP contribution in [0.4, 0.5) is 0 Å². The molecule has 54 heavy (non-hydrogen) atoms. The number of allylic oxidation sites excluding steroid dienone is 6. The van der Waals surface area contributed by atoms with E-state index in [4.69, 9.17) is 24.3 Å². The first-order chi connectivity index (χ1) is 26.3. The highest BCUT2D eigenvalue weighted by atomic mass is 31.2. The summed E-state index contributed by atoms with van der Waals surface area (Å²) in [5.74, 6) is -0.847. The molecule has 0 heterocycles. The van der Waals surface area contributed by atoms with Crippen LogP contribution in [0.2, 0.25) is 0 Å². The van der Waals surface area contributed by atoms with Crippen molar-refractivity contribution in [2.75, 3.05) is 26.4 Å². The second kappa shape index (κ2) is 40.9. The van der Waals surface area contributed by atoms with Crippen molar-refractivity contribution < 1.29 is 37.6 Å². The molecule has 0 aliphatic rings. The van der Waals surface area contributed by atoms with Gasteiger partial charge >= 0.3 is 19.8 Å². The molecular formula is C44H82NO8P. The van der Waals surface area contributed by atoms with Crippen LogP contribution in [-0.2, 0) is 32.7 Å². The fourth-order valence-electron chi connectivity index (χ4n) is 5.95. The van der Waals surface area contributed by atoms with E-state index in [9.17, 15) is 19.0 Å². The molecule has 0 aromatic rings. The number of carbonyl (C=O) groups is 2. The lowest BCUT2D eigenvalue weighted by molar-refractivity contribution is -0.161. The van der Waals surface area contributed by atoms with Gasteiger partial charge in [0.15, 0.2) is 6.10 Å². The van der Waals surface area contributed by atoms with Crippen LogP contribution in [-0.4, -0.2) is 49.3 Å². The van der Waals surface area contributed by atoms with Gasteiger partial charge in [-0.05, 0) is 70.6 Å². The summed E-state index contributed by atoms with van der Waals surface area (Å²) >= 11 is 0. The molecule has 316 valence electrons. The summed E-state index contributed by atoms with van der Waals surface area (Å²) in [5, 5.41) is 0. The molecule has 0 amide bonds. The fourth-order valence-corrected chi connectivity index (χ4v) is 6.72. The molecule has 0 aromatic heterocycles. The number of carbonyl (C=O) groups excluding carboxylic acids is 2. The number of rotatable bonds is 41. The van der Waals surface area contributed by atoms with E-state index < -0.39 is 26.5 Å². The maximum Gasteiger partial charge on any atom is 0.472 e. The Morgan fingerprint density at radius 1 is 0.556 bits per heavy atom. The molecule has 0 aliphatic heterocycles. The highest BCUT2D eigenvalue weighted by Gasteiger charge is 2.26. The second-order valence-corrected chi connectivity index (χ2v) is 16.0. The van der Waals surface area contributed by atoms with Crippen LogP contribution in [0.5, 0.6) is 0 Å². The van der Waals surface area contributed by atoms with Gasteiger partial charge in [-0.3, -0.25) is 18.6 Å². The van der Waals surface area contributed by atoms with Crippen molar-refractivity contribution in [1.29, 1.82) is 0 Å². The van der Waals surface area contributed by atoms with Gasteiger partial charge in [-0.15, -0.1) is 0 Å². The molecule has 0 aliphatic carbocycles. The minimum Gasteiger partial charge on any atom is -0.462 e.